The van der Waals surface area contributed by atoms with Gasteiger partial charge in [-0.05, 0) is 36.6 Å². The van der Waals surface area contributed by atoms with Gasteiger partial charge in [-0.2, -0.15) is 5.26 Å². The fraction of sp³-hybridized carbons (Fsp3) is 0.200. The zero-order valence-corrected chi connectivity index (χ0v) is 19.4. The molecule has 0 unspecified atom stereocenters. The fourth-order valence-electron chi connectivity index (χ4n) is 4.20. The van der Waals surface area contributed by atoms with Crippen LogP contribution >= 0.6 is 11.3 Å². The van der Waals surface area contributed by atoms with Gasteiger partial charge in [0.05, 0.1) is 15.1 Å². The molecule has 35 heavy (non-hydrogen) atoms. The van der Waals surface area contributed by atoms with E-state index in [-0.39, 0.29) is 16.8 Å². The quantitative estimate of drug-likeness (QED) is 0.324. The molecule has 1 aliphatic heterocycles. The minimum Gasteiger partial charge on any atom is -0.310 e. The monoisotopic (exact) mass is 484 g/mol. The van der Waals surface area contributed by atoms with Crippen LogP contribution in [0.4, 0.5) is 5.69 Å². The van der Waals surface area contributed by atoms with Gasteiger partial charge < -0.3 is 4.57 Å². The molecule has 0 saturated heterocycles. The highest BCUT2D eigenvalue weighted by molar-refractivity contribution is 7.07. The zero-order valence-electron chi connectivity index (χ0n) is 18.6. The summed E-state index contributed by atoms with van der Waals surface area (Å²) in [6.45, 7) is 0.719. The summed E-state index contributed by atoms with van der Waals surface area (Å²) in [5, 5.41) is 30.1. The summed E-state index contributed by atoms with van der Waals surface area (Å²) in [6.07, 6.45) is 5.49. The maximum Gasteiger partial charge on any atom is 0.273 e. The third-order valence-corrected chi connectivity index (χ3v) is 6.97. The molecule has 0 bridgehead atoms. The molecular formula is C25H20N6O3S. The van der Waals surface area contributed by atoms with Crippen LogP contribution in [-0.2, 0) is 13.0 Å². The lowest BCUT2D eigenvalue weighted by Crippen LogP contribution is -2.31. The van der Waals surface area contributed by atoms with E-state index in [1.54, 1.807) is 30.3 Å². The highest BCUT2D eigenvalue weighted by atomic mass is 32.1. The first kappa shape index (κ1) is 22.4. The number of non-ortho nitro benzene ring substituents is 1. The Bertz CT molecular complexity index is 1640. The van der Waals surface area contributed by atoms with E-state index in [9.17, 15) is 20.2 Å². The van der Waals surface area contributed by atoms with Crippen molar-refractivity contribution < 1.29 is 4.92 Å². The van der Waals surface area contributed by atoms with E-state index in [2.05, 4.69) is 16.3 Å². The summed E-state index contributed by atoms with van der Waals surface area (Å²) in [5.41, 5.74) is 1.04. The van der Waals surface area contributed by atoms with E-state index in [1.165, 1.54) is 16.7 Å². The van der Waals surface area contributed by atoms with Gasteiger partial charge in [0.25, 0.3) is 11.2 Å². The van der Waals surface area contributed by atoms with E-state index in [4.69, 9.17) is 0 Å². The molecule has 2 aromatic heterocycles. The molecule has 4 aromatic rings. The van der Waals surface area contributed by atoms with Crippen molar-refractivity contribution >= 4 is 28.7 Å². The van der Waals surface area contributed by atoms with Crippen molar-refractivity contribution in [2.24, 2.45) is 0 Å². The van der Waals surface area contributed by atoms with Gasteiger partial charge in [-0.15, -0.1) is 21.5 Å². The molecule has 0 fully saturated rings. The number of aromatic nitrogens is 4. The molecule has 1 aliphatic rings. The largest absolute Gasteiger partial charge is 0.310 e. The molecule has 5 rings (SSSR count). The van der Waals surface area contributed by atoms with Crippen molar-refractivity contribution in [2.75, 3.05) is 0 Å². The van der Waals surface area contributed by atoms with Crippen LogP contribution in [0.2, 0.25) is 0 Å². The second-order valence-corrected chi connectivity index (χ2v) is 9.16. The fourth-order valence-corrected chi connectivity index (χ4v) is 5.30. The minimum absolute atomic E-state index is 0.0608. The normalized spacial score (nSPS) is 14.7. The maximum atomic E-state index is 13.6. The second kappa shape index (κ2) is 9.48. The summed E-state index contributed by atoms with van der Waals surface area (Å²) in [6, 6.07) is 17.5. The van der Waals surface area contributed by atoms with E-state index >= 15 is 0 Å². The number of hydrogen-bond donors (Lipinski definition) is 0. The highest BCUT2D eigenvalue weighted by Crippen LogP contribution is 2.19. The smallest absolute Gasteiger partial charge is 0.273 e. The number of aryl methyl sites for hydroxylation is 1. The van der Waals surface area contributed by atoms with Gasteiger partial charge in [0.2, 0.25) is 0 Å². The molecule has 0 N–H and O–H groups in total. The molecule has 174 valence electrons. The van der Waals surface area contributed by atoms with Crippen LogP contribution in [0.15, 0.2) is 59.4 Å². The Morgan fingerprint density at radius 3 is 2.71 bits per heavy atom. The molecule has 0 radical (unpaired) electrons. The lowest BCUT2D eigenvalue weighted by atomic mass is 10.2. The lowest BCUT2D eigenvalue weighted by Gasteiger charge is -2.07. The van der Waals surface area contributed by atoms with Crippen molar-refractivity contribution in [1.29, 1.82) is 5.26 Å². The Labute approximate surface area is 203 Å². The predicted octanol–water partition coefficient (Wildman–Crippen LogP) is 2.68. The Kier molecular flexibility index (Phi) is 6.08. The van der Waals surface area contributed by atoms with E-state index in [1.807, 2.05) is 22.8 Å². The van der Waals surface area contributed by atoms with Crippen molar-refractivity contribution in [2.45, 2.75) is 32.2 Å². The number of para-hydroxylation sites is 1. The average Bonchev–Trinajstić information content (AvgIpc) is 3.31. The molecule has 2 aromatic carbocycles. The third-order valence-electron chi connectivity index (χ3n) is 5.88. The molecule has 0 spiro atoms. The van der Waals surface area contributed by atoms with Crippen LogP contribution in [-0.4, -0.2) is 24.3 Å². The Morgan fingerprint density at radius 1 is 1.11 bits per heavy atom. The Balaban J connectivity index is 1.81. The van der Waals surface area contributed by atoms with Crippen LogP contribution in [0.3, 0.4) is 0 Å². The van der Waals surface area contributed by atoms with E-state index < -0.39 is 4.92 Å². The summed E-state index contributed by atoms with van der Waals surface area (Å²) in [5.74, 6) is 1.30. The zero-order chi connectivity index (χ0) is 24.4. The summed E-state index contributed by atoms with van der Waals surface area (Å²) in [4.78, 5) is 24.3. The Morgan fingerprint density at radius 2 is 1.94 bits per heavy atom. The number of benzene rings is 2. The second-order valence-electron chi connectivity index (χ2n) is 8.13. The third kappa shape index (κ3) is 4.29. The average molecular weight is 485 g/mol. The molecule has 0 atom stereocenters. The summed E-state index contributed by atoms with van der Waals surface area (Å²) in [7, 11) is 0. The van der Waals surface area contributed by atoms with Gasteiger partial charge >= 0.3 is 0 Å². The molecular weight excluding hydrogens is 464 g/mol. The SMILES string of the molecule is N#C/C(c1nnc2n1CCCCC2)=c1/s/c(=C\c2cccc([N+](=O)[O-])c2)c(=O)n1-c1ccccc1. The predicted molar refractivity (Wildman–Crippen MR) is 132 cm³/mol. The van der Waals surface area contributed by atoms with Crippen LogP contribution in [0, 0.1) is 21.4 Å². The standard InChI is InChI=1S/C25H20N6O3S/c26-16-20(23-28-27-22-12-5-2-6-13-29(22)23)25-30(18-9-3-1-4-10-18)24(32)21(35-25)15-17-8-7-11-19(14-17)31(33)34/h1,3-4,7-11,14-15H,2,5-6,12-13H2/b21-15-,25-20-. The van der Waals surface area contributed by atoms with E-state index in [0.717, 1.165) is 49.4 Å². The van der Waals surface area contributed by atoms with Crippen molar-refractivity contribution in [3.63, 3.8) is 0 Å². The molecule has 0 amide bonds. The lowest BCUT2D eigenvalue weighted by molar-refractivity contribution is -0.384. The number of nitro groups is 1. The number of fused-ring (bicyclic) bond motifs is 1. The van der Waals surface area contributed by atoms with Gasteiger partial charge in [0.1, 0.15) is 22.1 Å². The summed E-state index contributed by atoms with van der Waals surface area (Å²) < 4.78 is 4.28. The first-order valence-electron chi connectivity index (χ1n) is 11.2. The van der Waals surface area contributed by atoms with Crippen molar-refractivity contribution in [1.82, 2.24) is 19.3 Å². The first-order valence-corrected chi connectivity index (χ1v) is 12.0. The number of thiazole rings is 1. The first-order chi connectivity index (χ1) is 17.1. The van der Waals surface area contributed by atoms with Crippen LogP contribution in [0.1, 0.15) is 36.5 Å². The topological polar surface area (TPSA) is 120 Å². The molecule has 3 heterocycles. The van der Waals surface area contributed by atoms with Crippen LogP contribution < -0.4 is 14.8 Å². The van der Waals surface area contributed by atoms with Gasteiger partial charge in [0.15, 0.2) is 5.82 Å². The molecule has 9 nitrogen and oxygen atoms in total. The van der Waals surface area contributed by atoms with Gasteiger partial charge in [-0.25, -0.2) is 0 Å². The van der Waals surface area contributed by atoms with Crippen molar-refractivity contribution in [3.05, 3.63) is 101 Å². The number of nitro benzene ring substituents is 1. The van der Waals surface area contributed by atoms with Crippen LogP contribution in [0.25, 0.3) is 17.3 Å². The number of hydrogen-bond acceptors (Lipinski definition) is 7. The minimum atomic E-state index is -0.474. The Hall–Kier alpha value is -4.36. The van der Waals surface area contributed by atoms with Gasteiger partial charge in [-0.1, -0.05) is 36.8 Å². The maximum absolute atomic E-state index is 13.6. The van der Waals surface area contributed by atoms with Gasteiger partial charge in [0, 0.05) is 25.1 Å². The van der Waals surface area contributed by atoms with Crippen molar-refractivity contribution in [3.8, 4) is 11.8 Å². The molecule has 10 heteroatoms. The molecule has 0 aliphatic carbocycles. The number of nitrogens with zero attached hydrogens (tertiary/aromatic N) is 6. The number of rotatable bonds is 4. The number of nitriles is 1. The molecule has 0 saturated carbocycles. The van der Waals surface area contributed by atoms with Gasteiger partial charge in [-0.3, -0.25) is 19.5 Å². The van der Waals surface area contributed by atoms with E-state index in [0.29, 0.717) is 26.3 Å². The van der Waals surface area contributed by atoms with Crippen LogP contribution in [0.5, 0.6) is 0 Å². The summed E-state index contributed by atoms with van der Waals surface area (Å²) >= 11 is 1.16. The highest BCUT2D eigenvalue weighted by Gasteiger charge is 2.21.